The number of hydrogen-bond donors (Lipinski definition) is 2. The fraction of sp³-hybridized carbons (Fsp3) is 0.600. The molecule has 7 nitrogen and oxygen atoms in total. The van der Waals surface area contributed by atoms with E-state index in [9.17, 15) is 4.79 Å². The minimum absolute atomic E-state index is 0.0304. The molecule has 27 heavy (non-hydrogen) atoms. The van der Waals surface area contributed by atoms with Crippen molar-refractivity contribution in [3.63, 3.8) is 0 Å². The lowest BCUT2D eigenvalue weighted by Gasteiger charge is -2.23. The Morgan fingerprint density at radius 2 is 2.07 bits per heavy atom. The lowest BCUT2D eigenvalue weighted by Crippen LogP contribution is -2.40. The number of amides is 1. The zero-order valence-electron chi connectivity index (χ0n) is 17.2. The fourth-order valence-corrected chi connectivity index (χ4v) is 3.68. The predicted octanol–water partition coefficient (Wildman–Crippen LogP) is 3.38. The van der Waals surface area contributed by atoms with Crippen molar-refractivity contribution in [3.8, 4) is 0 Å². The van der Waals surface area contributed by atoms with Gasteiger partial charge in [0, 0.05) is 26.1 Å². The minimum atomic E-state index is -0.500. The van der Waals surface area contributed by atoms with Crippen molar-refractivity contribution in [1.29, 1.82) is 0 Å². The van der Waals surface area contributed by atoms with Crippen LogP contribution < -0.4 is 16.0 Å². The maximum atomic E-state index is 12.1. The summed E-state index contributed by atoms with van der Waals surface area (Å²) in [5.41, 5.74) is 9.51. The first kappa shape index (κ1) is 19.3. The van der Waals surface area contributed by atoms with Crippen molar-refractivity contribution in [1.82, 2.24) is 14.9 Å². The van der Waals surface area contributed by atoms with Crippen LogP contribution in [0.1, 0.15) is 52.8 Å². The van der Waals surface area contributed by atoms with Crippen LogP contribution >= 0.6 is 0 Å². The molecule has 7 heteroatoms. The molecule has 0 spiro atoms. The molecule has 1 atom stereocenters. The van der Waals surface area contributed by atoms with Gasteiger partial charge in [0.2, 0.25) is 0 Å². The Morgan fingerprint density at radius 1 is 1.37 bits per heavy atom. The minimum Gasteiger partial charge on any atom is -0.444 e. The summed E-state index contributed by atoms with van der Waals surface area (Å²) in [6.45, 7) is 11.4. The fourth-order valence-electron chi connectivity index (χ4n) is 3.68. The van der Waals surface area contributed by atoms with E-state index in [0.29, 0.717) is 18.2 Å². The molecular weight excluding hydrogens is 342 g/mol. The summed E-state index contributed by atoms with van der Waals surface area (Å²) in [5.74, 6) is 1.37. The average molecular weight is 374 g/mol. The number of aromatic nitrogens is 2. The summed E-state index contributed by atoms with van der Waals surface area (Å²) in [5, 5.41) is 2.97. The van der Waals surface area contributed by atoms with Crippen LogP contribution in [0, 0.1) is 0 Å². The molecule has 3 rings (SSSR count). The zero-order valence-corrected chi connectivity index (χ0v) is 17.2. The monoisotopic (exact) mass is 373 g/mol. The summed E-state index contributed by atoms with van der Waals surface area (Å²) >= 11 is 0. The van der Waals surface area contributed by atoms with Gasteiger partial charge in [-0.1, -0.05) is 13.8 Å². The van der Waals surface area contributed by atoms with Crippen LogP contribution in [0.2, 0.25) is 0 Å². The first-order chi connectivity index (χ1) is 12.6. The van der Waals surface area contributed by atoms with Crippen LogP contribution in [0.3, 0.4) is 0 Å². The number of rotatable bonds is 3. The maximum Gasteiger partial charge on any atom is 0.407 e. The average Bonchev–Trinajstić information content (AvgIpc) is 3.10. The van der Waals surface area contributed by atoms with Gasteiger partial charge < -0.3 is 25.3 Å². The van der Waals surface area contributed by atoms with Crippen molar-refractivity contribution in [2.45, 2.75) is 58.6 Å². The second-order valence-corrected chi connectivity index (χ2v) is 8.63. The number of anilines is 2. The zero-order chi connectivity index (χ0) is 19.9. The van der Waals surface area contributed by atoms with Crippen LogP contribution in [-0.4, -0.2) is 40.4 Å². The number of imidazole rings is 1. The van der Waals surface area contributed by atoms with Gasteiger partial charge in [0.05, 0.1) is 22.9 Å². The van der Waals surface area contributed by atoms with E-state index in [-0.39, 0.29) is 12.1 Å². The highest BCUT2D eigenvalue weighted by atomic mass is 16.6. The van der Waals surface area contributed by atoms with Crippen molar-refractivity contribution < 1.29 is 9.53 Å². The first-order valence-corrected chi connectivity index (χ1v) is 9.56. The smallest absolute Gasteiger partial charge is 0.407 e. The van der Waals surface area contributed by atoms with Gasteiger partial charge in [0.15, 0.2) is 0 Å². The highest BCUT2D eigenvalue weighted by molar-refractivity contribution is 5.96. The Labute approximate surface area is 160 Å². The second-order valence-electron chi connectivity index (χ2n) is 8.63. The van der Waals surface area contributed by atoms with Crippen LogP contribution in [0.25, 0.3) is 11.0 Å². The molecule has 0 saturated carbocycles. The number of benzene rings is 1. The molecule has 3 N–H and O–H groups in total. The number of hydrogen-bond acceptors (Lipinski definition) is 5. The van der Waals surface area contributed by atoms with E-state index in [1.807, 2.05) is 40.0 Å². The van der Waals surface area contributed by atoms with Crippen LogP contribution in [-0.2, 0) is 11.8 Å². The Hall–Kier alpha value is -2.44. The second kappa shape index (κ2) is 6.94. The molecule has 1 aromatic carbocycles. The van der Waals surface area contributed by atoms with Gasteiger partial charge in [-0.25, -0.2) is 9.78 Å². The maximum absolute atomic E-state index is 12.1. The molecule has 1 fully saturated rings. The molecule has 0 bridgehead atoms. The normalized spacial score (nSPS) is 17.7. The number of nitrogens with one attached hydrogen (secondary N) is 1. The van der Waals surface area contributed by atoms with E-state index >= 15 is 0 Å². The SMILES string of the molecule is CC(C)c1nc2c(N3CC[C@H](NC(=O)OC(C)(C)C)C3)c(N)ccc2n1C. The van der Waals surface area contributed by atoms with E-state index in [2.05, 4.69) is 28.6 Å². The quantitative estimate of drug-likeness (QED) is 0.806. The van der Waals surface area contributed by atoms with Gasteiger partial charge in [-0.05, 0) is 39.3 Å². The number of nitrogen functional groups attached to an aromatic ring is 1. The topological polar surface area (TPSA) is 85.4 Å². The Bertz CT molecular complexity index is 850. The molecule has 2 aromatic rings. The van der Waals surface area contributed by atoms with E-state index in [1.54, 1.807) is 0 Å². The van der Waals surface area contributed by atoms with Gasteiger partial charge >= 0.3 is 6.09 Å². The molecule has 1 aliphatic rings. The van der Waals surface area contributed by atoms with Crippen molar-refractivity contribution in [2.24, 2.45) is 7.05 Å². The third-order valence-corrected chi connectivity index (χ3v) is 4.83. The molecule has 1 amide bonds. The predicted molar refractivity (Wildman–Crippen MR) is 109 cm³/mol. The van der Waals surface area contributed by atoms with Gasteiger partial charge in [0.1, 0.15) is 16.9 Å². The third kappa shape index (κ3) is 3.96. The van der Waals surface area contributed by atoms with Gasteiger partial charge in [0.25, 0.3) is 0 Å². The van der Waals surface area contributed by atoms with Gasteiger partial charge in [-0.2, -0.15) is 0 Å². The Morgan fingerprint density at radius 3 is 2.70 bits per heavy atom. The summed E-state index contributed by atoms with van der Waals surface area (Å²) in [6.07, 6.45) is 0.472. The largest absolute Gasteiger partial charge is 0.444 e. The summed E-state index contributed by atoms with van der Waals surface area (Å²) in [6, 6.07) is 4.00. The van der Waals surface area contributed by atoms with Crippen molar-refractivity contribution in [3.05, 3.63) is 18.0 Å². The van der Waals surface area contributed by atoms with Crippen LogP contribution in [0.4, 0.5) is 16.2 Å². The highest BCUT2D eigenvalue weighted by Gasteiger charge is 2.29. The van der Waals surface area contributed by atoms with Gasteiger partial charge in [-0.15, -0.1) is 0 Å². The Kier molecular flexibility index (Phi) is 4.97. The molecular formula is C20H31N5O2. The molecule has 1 aromatic heterocycles. The molecule has 0 radical (unpaired) electrons. The summed E-state index contributed by atoms with van der Waals surface area (Å²) in [7, 11) is 2.04. The van der Waals surface area contributed by atoms with Gasteiger partial charge in [-0.3, -0.25) is 0 Å². The molecule has 148 valence electrons. The molecule has 1 aliphatic heterocycles. The highest BCUT2D eigenvalue weighted by Crippen LogP contribution is 2.35. The van der Waals surface area contributed by atoms with Crippen molar-refractivity contribution in [2.75, 3.05) is 23.7 Å². The molecule has 1 saturated heterocycles. The Balaban J connectivity index is 1.83. The number of aryl methyl sites for hydroxylation is 1. The number of nitrogens with zero attached hydrogens (tertiary/aromatic N) is 3. The van der Waals surface area contributed by atoms with Crippen molar-refractivity contribution >= 4 is 28.5 Å². The lowest BCUT2D eigenvalue weighted by atomic mass is 10.2. The van der Waals surface area contributed by atoms with E-state index < -0.39 is 5.60 Å². The standard InChI is InChI=1S/C20H31N5O2/c1-12(2)18-23-16-15(24(18)6)8-7-14(21)17(16)25-10-9-13(11-25)22-19(26)27-20(3,4)5/h7-8,12-13H,9-11,21H2,1-6H3,(H,22,26)/t13-/m0/s1. The number of carbonyl (C=O) groups is 1. The van der Waals surface area contributed by atoms with Crippen LogP contribution in [0.15, 0.2) is 12.1 Å². The molecule has 2 heterocycles. The third-order valence-electron chi connectivity index (χ3n) is 4.83. The molecule has 0 aliphatic carbocycles. The summed E-state index contributed by atoms with van der Waals surface area (Å²) in [4.78, 5) is 19.2. The van der Waals surface area contributed by atoms with E-state index in [0.717, 1.165) is 35.5 Å². The van der Waals surface area contributed by atoms with E-state index in [1.165, 1.54) is 0 Å². The van der Waals surface area contributed by atoms with E-state index in [4.69, 9.17) is 15.5 Å². The number of fused-ring (bicyclic) bond motifs is 1. The number of nitrogens with two attached hydrogens (primary N) is 1. The van der Waals surface area contributed by atoms with Crippen LogP contribution in [0.5, 0.6) is 0 Å². The number of alkyl carbamates (subject to hydrolysis) is 1. The summed E-state index contributed by atoms with van der Waals surface area (Å²) < 4.78 is 7.51. The molecule has 0 unspecified atom stereocenters. The number of carbonyl (C=O) groups excluding carboxylic acids is 1. The number of ether oxygens (including phenoxy) is 1. The first-order valence-electron chi connectivity index (χ1n) is 9.56. The lowest BCUT2D eigenvalue weighted by molar-refractivity contribution is 0.0509.